The zero-order chi connectivity index (χ0) is 18.5. The highest BCUT2D eigenvalue weighted by atomic mass is 19.1. The number of benzene rings is 1. The predicted molar refractivity (Wildman–Crippen MR) is 101 cm³/mol. The molecule has 6 heteroatoms. The lowest BCUT2D eigenvalue weighted by atomic mass is 10.2. The molecular weight excluding hydrogens is 343 g/mol. The lowest BCUT2D eigenvalue weighted by Crippen LogP contribution is -2.31. The second-order valence-corrected chi connectivity index (χ2v) is 6.93. The largest absolute Gasteiger partial charge is 0.377 e. The molecule has 0 amide bonds. The Hall–Kier alpha value is -2.57. The van der Waals surface area contributed by atoms with Crippen LogP contribution in [0, 0.1) is 5.82 Å². The van der Waals surface area contributed by atoms with Crippen LogP contribution in [0.1, 0.15) is 24.0 Å². The van der Waals surface area contributed by atoms with E-state index in [-0.39, 0.29) is 11.9 Å². The van der Waals surface area contributed by atoms with Crippen molar-refractivity contribution in [3.63, 3.8) is 0 Å². The number of rotatable bonds is 7. The number of hydrogen-bond acceptors (Lipinski definition) is 4. The molecule has 0 N–H and O–H groups in total. The molecule has 5 nitrogen and oxygen atoms in total. The van der Waals surface area contributed by atoms with E-state index in [9.17, 15) is 4.39 Å². The quantitative estimate of drug-likeness (QED) is 0.641. The Morgan fingerprint density at radius 2 is 2.00 bits per heavy atom. The zero-order valence-electron chi connectivity index (χ0n) is 15.2. The van der Waals surface area contributed by atoms with E-state index < -0.39 is 0 Å². The van der Waals surface area contributed by atoms with Gasteiger partial charge in [-0.3, -0.25) is 9.88 Å². The van der Waals surface area contributed by atoms with E-state index in [4.69, 9.17) is 4.74 Å². The highest BCUT2D eigenvalue weighted by Crippen LogP contribution is 2.18. The Morgan fingerprint density at radius 3 is 2.78 bits per heavy atom. The summed E-state index contributed by atoms with van der Waals surface area (Å²) in [5, 5.41) is 4.40. The van der Waals surface area contributed by atoms with Gasteiger partial charge in [0.05, 0.1) is 18.0 Å². The van der Waals surface area contributed by atoms with Crippen molar-refractivity contribution >= 4 is 0 Å². The normalized spacial score (nSPS) is 16.9. The van der Waals surface area contributed by atoms with Crippen molar-refractivity contribution < 1.29 is 9.13 Å². The van der Waals surface area contributed by atoms with Crippen LogP contribution in [0.3, 0.4) is 0 Å². The lowest BCUT2D eigenvalue weighted by molar-refractivity contribution is 0.0679. The second-order valence-electron chi connectivity index (χ2n) is 6.93. The number of aromatic nitrogens is 3. The van der Waals surface area contributed by atoms with Gasteiger partial charge in [-0.1, -0.05) is 6.07 Å². The highest BCUT2D eigenvalue weighted by Gasteiger charge is 2.20. The number of pyridine rings is 1. The Labute approximate surface area is 158 Å². The minimum atomic E-state index is -0.262. The minimum absolute atomic E-state index is 0.262. The molecule has 1 saturated heterocycles. The maximum atomic E-state index is 13.5. The van der Waals surface area contributed by atoms with E-state index in [1.54, 1.807) is 10.7 Å². The fourth-order valence-electron chi connectivity index (χ4n) is 3.47. The molecule has 0 unspecified atom stereocenters. The van der Waals surface area contributed by atoms with Crippen LogP contribution in [-0.2, 0) is 17.8 Å². The maximum absolute atomic E-state index is 13.5. The van der Waals surface area contributed by atoms with Crippen molar-refractivity contribution in [1.82, 2.24) is 19.7 Å². The summed E-state index contributed by atoms with van der Waals surface area (Å²) in [6.45, 7) is 3.32. The molecule has 27 heavy (non-hydrogen) atoms. The minimum Gasteiger partial charge on any atom is -0.377 e. The van der Waals surface area contributed by atoms with Gasteiger partial charge in [-0.15, -0.1) is 0 Å². The summed E-state index contributed by atoms with van der Waals surface area (Å²) >= 11 is 0. The van der Waals surface area contributed by atoms with Crippen molar-refractivity contribution in [3.05, 3.63) is 78.1 Å². The number of halogens is 1. The van der Waals surface area contributed by atoms with Gasteiger partial charge in [-0.05, 0) is 48.7 Å². The van der Waals surface area contributed by atoms with Crippen LogP contribution < -0.4 is 0 Å². The fraction of sp³-hybridized carbons (Fsp3) is 0.333. The van der Waals surface area contributed by atoms with Crippen LogP contribution in [0.15, 0.2) is 61.2 Å². The summed E-state index contributed by atoms with van der Waals surface area (Å²) in [5.41, 5.74) is 3.04. The smallest absolute Gasteiger partial charge is 0.125 e. The van der Waals surface area contributed by atoms with Crippen LogP contribution in [0.4, 0.5) is 4.39 Å². The van der Waals surface area contributed by atoms with Gasteiger partial charge in [-0.25, -0.2) is 9.07 Å². The predicted octanol–water partition coefficient (Wildman–Crippen LogP) is 3.59. The first-order valence-electron chi connectivity index (χ1n) is 9.28. The third-order valence-corrected chi connectivity index (χ3v) is 4.76. The molecule has 1 aliphatic heterocycles. The van der Waals surface area contributed by atoms with Crippen LogP contribution >= 0.6 is 0 Å². The Balaban J connectivity index is 1.48. The van der Waals surface area contributed by atoms with Crippen LogP contribution in [0.5, 0.6) is 0 Å². The van der Waals surface area contributed by atoms with E-state index >= 15 is 0 Å². The van der Waals surface area contributed by atoms with Crippen molar-refractivity contribution in [2.45, 2.75) is 32.0 Å². The summed E-state index contributed by atoms with van der Waals surface area (Å²) in [6, 6.07) is 10.5. The molecule has 1 atom stereocenters. The van der Waals surface area contributed by atoms with E-state index in [1.165, 1.54) is 17.7 Å². The SMILES string of the molecule is Fc1cccc(-n2cc(CN(Cc3ccncc3)C[C@@H]3CCCO3)cn2)c1. The zero-order valence-corrected chi connectivity index (χ0v) is 15.2. The van der Waals surface area contributed by atoms with Crippen molar-refractivity contribution in [1.29, 1.82) is 0 Å². The average Bonchev–Trinajstić information content (AvgIpc) is 3.35. The number of ether oxygens (including phenoxy) is 1. The Morgan fingerprint density at radius 1 is 1.15 bits per heavy atom. The summed E-state index contributed by atoms with van der Waals surface area (Å²) < 4.78 is 21.0. The molecule has 140 valence electrons. The molecule has 4 rings (SSSR count). The van der Waals surface area contributed by atoms with Crippen LogP contribution in [0.2, 0.25) is 0 Å². The monoisotopic (exact) mass is 366 g/mol. The fourth-order valence-corrected chi connectivity index (χ4v) is 3.47. The summed E-state index contributed by atoms with van der Waals surface area (Å²) in [7, 11) is 0. The van der Waals surface area contributed by atoms with Gasteiger partial charge in [-0.2, -0.15) is 5.10 Å². The lowest BCUT2D eigenvalue weighted by Gasteiger charge is -2.24. The van der Waals surface area contributed by atoms with Crippen LogP contribution in [0.25, 0.3) is 5.69 Å². The standard InChI is InChI=1S/C21H23FN4O/c22-19-3-1-4-20(11-19)26-15-18(12-24-26)14-25(16-21-5-2-10-27-21)13-17-6-8-23-9-7-17/h1,3-4,6-9,11-12,15,21H,2,5,10,13-14,16H2/t21-/m0/s1. The third-order valence-electron chi connectivity index (χ3n) is 4.76. The van der Waals surface area contributed by atoms with E-state index in [0.29, 0.717) is 0 Å². The summed E-state index contributed by atoms with van der Waals surface area (Å²) in [6.07, 6.45) is 9.97. The molecule has 3 aromatic rings. The molecule has 1 aromatic carbocycles. The third kappa shape index (κ3) is 4.78. The van der Waals surface area contributed by atoms with Gasteiger partial charge in [0.25, 0.3) is 0 Å². The van der Waals surface area contributed by atoms with Gasteiger partial charge in [0.15, 0.2) is 0 Å². The molecule has 2 aromatic heterocycles. The molecule has 1 fully saturated rings. The van der Waals surface area contributed by atoms with Crippen molar-refractivity contribution in [2.75, 3.05) is 13.2 Å². The van der Waals surface area contributed by atoms with Gasteiger partial charge >= 0.3 is 0 Å². The molecule has 3 heterocycles. The van der Waals surface area contributed by atoms with Gasteiger partial charge < -0.3 is 4.74 Å². The Bertz CT molecular complexity index is 861. The van der Waals surface area contributed by atoms with E-state index in [1.807, 2.05) is 43.0 Å². The molecule has 0 saturated carbocycles. The topological polar surface area (TPSA) is 43.2 Å². The van der Waals surface area contributed by atoms with Crippen LogP contribution in [-0.4, -0.2) is 38.9 Å². The summed E-state index contributed by atoms with van der Waals surface area (Å²) in [4.78, 5) is 6.47. The van der Waals surface area contributed by atoms with Gasteiger partial charge in [0, 0.05) is 50.4 Å². The second kappa shape index (κ2) is 8.41. The average molecular weight is 366 g/mol. The number of hydrogen-bond donors (Lipinski definition) is 0. The van der Waals surface area contributed by atoms with E-state index in [0.717, 1.165) is 50.3 Å². The maximum Gasteiger partial charge on any atom is 0.125 e. The molecular formula is C21H23FN4O. The summed E-state index contributed by atoms with van der Waals surface area (Å²) in [5.74, 6) is -0.262. The Kier molecular flexibility index (Phi) is 5.55. The molecule has 0 aliphatic carbocycles. The molecule has 0 radical (unpaired) electrons. The van der Waals surface area contributed by atoms with Crippen molar-refractivity contribution in [2.24, 2.45) is 0 Å². The molecule has 0 spiro atoms. The molecule has 1 aliphatic rings. The first kappa shape index (κ1) is 17.8. The van der Waals surface area contributed by atoms with E-state index in [2.05, 4.69) is 15.0 Å². The molecule has 0 bridgehead atoms. The number of nitrogens with zero attached hydrogens (tertiary/aromatic N) is 4. The van der Waals surface area contributed by atoms with Gasteiger partial charge in [0.2, 0.25) is 0 Å². The van der Waals surface area contributed by atoms with Gasteiger partial charge in [0.1, 0.15) is 5.82 Å². The highest BCUT2D eigenvalue weighted by molar-refractivity contribution is 5.31. The first-order valence-corrected chi connectivity index (χ1v) is 9.28. The van der Waals surface area contributed by atoms with Crippen molar-refractivity contribution in [3.8, 4) is 5.69 Å². The first-order chi connectivity index (χ1) is 13.3.